The quantitative estimate of drug-likeness (QED) is 0.684. The highest BCUT2D eigenvalue weighted by Gasteiger charge is 2.31. The van der Waals surface area contributed by atoms with Crippen molar-refractivity contribution in [3.05, 3.63) is 5.82 Å². The Morgan fingerprint density at radius 1 is 1.69 bits per heavy atom. The van der Waals surface area contributed by atoms with E-state index in [0.29, 0.717) is 23.9 Å². The van der Waals surface area contributed by atoms with Crippen molar-refractivity contribution in [1.82, 2.24) is 9.36 Å². The fraction of sp³-hybridized carbons (Fsp3) is 0.571. The van der Waals surface area contributed by atoms with Gasteiger partial charge in [0.15, 0.2) is 0 Å². The Hall–Kier alpha value is -1.01. The van der Waals surface area contributed by atoms with Gasteiger partial charge in [-0.05, 0) is 13.3 Å². The maximum atomic E-state index is 11.5. The molecule has 0 bridgehead atoms. The van der Waals surface area contributed by atoms with Gasteiger partial charge in [0.05, 0.1) is 6.04 Å². The zero-order chi connectivity index (χ0) is 9.42. The first kappa shape index (κ1) is 8.58. The van der Waals surface area contributed by atoms with Gasteiger partial charge in [0.25, 0.3) is 0 Å². The molecule has 0 radical (unpaired) electrons. The van der Waals surface area contributed by atoms with Gasteiger partial charge in [-0.15, -0.1) is 0 Å². The number of aryl methyl sites for hydroxylation is 1. The lowest BCUT2D eigenvalue weighted by Crippen LogP contribution is -2.33. The van der Waals surface area contributed by atoms with Crippen molar-refractivity contribution in [3.63, 3.8) is 0 Å². The van der Waals surface area contributed by atoms with Crippen LogP contribution in [-0.4, -0.2) is 27.9 Å². The number of rotatable bonds is 1. The third kappa shape index (κ3) is 1.42. The summed E-state index contributed by atoms with van der Waals surface area (Å²) in [4.78, 5) is 17.2. The monoisotopic (exact) mass is 198 g/mol. The van der Waals surface area contributed by atoms with Crippen LogP contribution >= 0.6 is 11.5 Å². The Bertz CT molecular complexity index is 337. The largest absolute Gasteiger partial charge is 0.320 e. The summed E-state index contributed by atoms with van der Waals surface area (Å²) in [5, 5.41) is 0.662. The topological polar surface area (TPSA) is 72.1 Å². The van der Waals surface area contributed by atoms with E-state index in [4.69, 9.17) is 5.73 Å². The third-order valence-corrected chi connectivity index (χ3v) is 2.83. The smallest absolute Gasteiger partial charge is 0.245 e. The normalized spacial score (nSPS) is 22.8. The Labute approximate surface area is 79.7 Å². The number of carbonyl (C=O) groups excluding carboxylic acids is 1. The van der Waals surface area contributed by atoms with Gasteiger partial charge in [-0.1, -0.05) is 0 Å². The molecule has 2 heterocycles. The van der Waals surface area contributed by atoms with Gasteiger partial charge >= 0.3 is 0 Å². The zero-order valence-electron chi connectivity index (χ0n) is 7.23. The molecule has 6 heteroatoms. The van der Waals surface area contributed by atoms with Gasteiger partial charge < -0.3 is 5.73 Å². The summed E-state index contributed by atoms with van der Waals surface area (Å²) in [6.45, 7) is 2.47. The standard InChI is InChI=1S/C7H10N4OS/c1-4-9-7(13-10-4)11-3-2-5(8)6(11)12/h5H,2-3,8H2,1H3. The second-order valence-electron chi connectivity index (χ2n) is 3.01. The highest BCUT2D eigenvalue weighted by atomic mass is 32.1. The number of nitrogens with two attached hydrogens (primary N) is 1. The van der Waals surface area contributed by atoms with Crippen LogP contribution in [0.5, 0.6) is 0 Å². The molecule has 1 aliphatic rings. The molecule has 0 aromatic carbocycles. The van der Waals surface area contributed by atoms with Crippen molar-refractivity contribution >= 4 is 22.6 Å². The molecule has 0 aliphatic carbocycles. The summed E-state index contributed by atoms with van der Waals surface area (Å²) in [5.74, 6) is 0.657. The van der Waals surface area contributed by atoms with E-state index in [-0.39, 0.29) is 11.9 Å². The van der Waals surface area contributed by atoms with Gasteiger partial charge in [0, 0.05) is 18.1 Å². The molecule has 1 amide bonds. The summed E-state index contributed by atoms with van der Waals surface area (Å²) < 4.78 is 4.02. The van der Waals surface area contributed by atoms with E-state index < -0.39 is 0 Å². The molecule has 1 atom stereocenters. The Morgan fingerprint density at radius 2 is 2.46 bits per heavy atom. The number of hydrogen-bond donors (Lipinski definition) is 1. The second kappa shape index (κ2) is 3.04. The molecule has 1 unspecified atom stereocenters. The first-order valence-corrected chi connectivity index (χ1v) is 4.83. The summed E-state index contributed by atoms with van der Waals surface area (Å²) in [6, 6.07) is -0.357. The number of nitrogens with zero attached hydrogens (tertiary/aromatic N) is 3. The van der Waals surface area contributed by atoms with Crippen LogP contribution in [-0.2, 0) is 4.79 Å². The van der Waals surface area contributed by atoms with E-state index >= 15 is 0 Å². The van der Waals surface area contributed by atoms with Gasteiger partial charge in [-0.2, -0.15) is 4.37 Å². The van der Waals surface area contributed by atoms with Crippen molar-refractivity contribution in [3.8, 4) is 0 Å². The highest BCUT2D eigenvalue weighted by Crippen LogP contribution is 2.22. The Morgan fingerprint density at radius 3 is 2.92 bits per heavy atom. The van der Waals surface area contributed by atoms with Gasteiger partial charge in [0.1, 0.15) is 5.82 Å². The molecule has 2 N–H and O–H groups in total. The maximum Gasteiger partial charge on any atom is 0.245 e. The molecular formula is C7H10N4OS. The highest BCUT2D eigenvalue weighted by molar-refractivity contribution is 7.09. The van der Waals surface area contributed by atoms with E-state index in [1.807, 2.05) is 0 Å². The van der Waals surface area contributed by atoms with Crippen LogP contribution < -0.4 is 10.6 Å². The van der Waals surface area contributed by atoms with Crippen LogP contribution in [0.25, 0.3) is 0 Å². The molecule has 1 aromatic heterocycles. The number of carbonyl (C=O) groups is 1. The van der Waals surface area contributed by atoms with Crippen LogP contribution in [0.1, 0.15) is 12.2 Å². The van der Waals surface area contributed by atoms with E-state index in [1.54, 1.807) is 11.8 Å². The maximum absolute atomic E-state index is 11.5. The predicted octanol–water partition coefficient (Wildman–Crippen LogP) is -0.0895. The molecule has 0 spiro atoms. The number of hydrogen-bond acceptors (Lipinski definition) is 5. The van der Waals surface area contributed by atoms with Crippen LogP contribution in [0.2, 0.25) is 0 Å². The van der Waals surface area contributed by atoms with Gasteiger partial charge in [-0.25, -0.2) is 4.98 Å². The van der Waals surface area contributed by atoms with Crippen LogP contribution in [0, 0.1) is 6.92 Å². The van der Waals surface area contributed by atoms with E-state index in [0.717, 1.165) is 0 Å². The van der Waals surface area contributed by atoms with Gasteiger partial charge in [0.2, 0.25) is 11.0 Å². The lowest BCUT2D eigenvalue weighted by atomic mass is 10.3. The van der Waals surface area contributed by atoms with Crippen molar-refractivity contribution < 1.29 is 4.79 Å². The van der Waals surface area contributed by atoms with Crippen molar-refractivity contribution in [2.24, 2.45) is 5.73 Å². The third-order valence-electron chi connectivity index (χ3n) is 1.99. The van der Waals surface area contributed by atoms with Gasteiger partial charge in [-0.3, -0.25) is 9.69 Å². The molecule has 1 aromatic rings. The summed E-state index contributed by atoms with van der Waals surface area (Å²) in [5.41, 5.74) is 5.58. The lowest BCUT2D eigenvalue weighted by Gasteiger charge is -2.10. The van der Waals surface area contributed by atoms with Crippen molar-refractivity contribution in [2.75, 3.05) is 11.4 Å². The minimum atomic E-state index is -0.357. The van der Waals surface area contributed by atoms with Crippen LogP contribution in [0.4, 0.5) is 5.13 Å². The fourth-order valence-electron chi connectivity index (χ4n) is 1.29. The van der Waals surface area contributed by atoms with Crippen LogP contribution in [0.3, 0.4) is 0 Å². The number of anilines is 1. The molecule has 1 saturated heterocycles. The second-order valence-corrected chi connectivity index (χ2v) is 3.74. The predicted molar refractivity (Wildman–Crippen MR) is 49.6 cm³/mol. The molecule has 0 saturated carbocycles. The average Bonchev–Trinajstić information content (AvgIpc) is 2.62. The molecular weight excluding hydrogens is 188 g/mol. The SMILES string of the molecule is Cc1nsc(N2CCC(N)C2=O)n1. The number of aromatic nitrogens is 2. The summed E-state index contributed by atoms with van der Waals surface area (Å²) in [7, 11) is 0. The molecule has 1 aliphatic heterocycles. The van der Waals surface area contributed by atoms with Crippen molar-refractivity contribution in [2.45, 2.75) is 19.4 Å². The molecule has 70 valence electrons. The lowest BCUT2D eigenvalue weighted by molar-refractivity contribution is -0.118. The van der Waals surface area contributed by atoms with E-state index in [1.165, 1.54) is 11.5 Å². The minimum Gasteiger partial charge on any atom is -0.320 e. The Balaban J connectivity index is 2.23. The minimum absolute atomic E-state index is 0.0452. The zero-order valence-corrected chi connectivity index (χ0v) is 8.04. The van der Waals surface area contributed by atoms with E-state index in [2.05, 4.69) is 9.36 Å². The first-order valence-electron chi connectivity index (χ1n) is 4.06. The molecule has 13 heavy (non-hydrogen) atoms. The Kier molecular flexibility index (Phi) is 2.01. The van der Waals surface area contributed by atoms with E-state index in [9.17, 15) is 4.79 Å². The molecule has 5 nitrogen and oxygen atoms in total. The summed E-state index contributed by atoms with van der Waals surface area (Å²) >= 11 is 1.24. The molecule has 2 rings (SSSR count). The summed E-state index contributed by atoms with van der Waals surface area (Å²) in [6.07, 6.45) is 0.706. The average molecular weight is 198 g/mol. The number of amides is 1. The van der Waals surface area contributed by atoms with Crippen molar-refractivity contribution in [1.29, 1.82) is 0 Å². The fourth-order valence-corrected chi connectivity index (χ4v) is 2.00. The first-order chi connectivity index (χ1) is 6.18. The molecule has 1 fully saturated rings. The van der Waals surface area contributed by atoms with Crippen LogP contribution in [0.15, 0.2) is 0 Å².